The van der Waals surface area contributed by atoms with Crippen LogP contribution in [0.4, 0.5) is 0 Å². The molecule has 0 saturated heterocycles. The fourth-order valence-corrected chi connectivity index (χ4v) is 3.01. The maximum Gasteiger partial charge on any atom is 0.208 e. The molecule has 1 aromatic heterocycles. The molecule has 3 aromatic rings. The number of imidazole rings is 1. The van der Waals surface area contributed by atoms with Gasteiger partial charge in [0.15, 0.2) is 5.16 Å². The molecular weight excluding hydrogens is 344 g/mol. The Labute approximate surface area is 157 Å². The molecule has 3 rings (SSSR count). The smallest absolute Gasteiger partial charge is 0.208 e. The number of ether oxygens (including phenoxy) is 1. The molecule has 0 radical (unpaired) electrons. The average Bonchev–Trinajstić information content (AvgIpc) is 3.11. The van der Waals surface area contributed by atoms with Crippen LogP contribution in [0.3, 0.4) is 0 Å². The number of ketones is 1. The highest BCUT2D eigenvalue weighted by Gasteiger charge is 2.15. The van der Waals surface area contributed by atoms with E-state index < -0.39 is 0 Å². The van der Waals surface area contributed by atoms with Crippen molar-refractivity contribution in [2.75, 3.05) is 6.26 Å². The monoisotopic (exact) mass is 364 g/mol. The van der Waals surface area contributed by atoms with Crippen LogP contribution in [0.15, 0.2) is 78.1 Å². The third-order valence-electron chi connectivity index (χ3n) is 3.84. The topological polar surface area (TPSA) is 44.1 Å². The molecule has 1 heterocycles. The molecule has 0 spiro atoms. The summed E-state index contributed by atoms with van der Waals surface area (Å²) in [5, 5.41) is 0.757. The van der Waals surface area contributed by atoms with Gasteiger partial charge in [-0.3, -0.25) is 9.36 Å². The Balaban J connectivity index is 1.78. The Morgan fingerprint density at radius 2 is 1.85 bits per heavy atom. The summed E-state index contributed by atoms with van der Waals surface area (Å²) in [6, 6.07) is 17.8. The van der Waals surface area contributed by atoms with E-state index in [1.54, 1.807) is 13.1 Å². The quantitative estimate of drug-likeness (QED) is 0.339. The van der Waals surface area contributed by atoms with E-state index in [9.17, 15) is 4.79 Å². The van der Waals surface area contributed by atoms with Gasteiger partial charge in [0.05, 0.1) is 0 Å². The first kappa shape index (κ1) is 18.0. The molecule has 0 aliphatic heterocycles. The molecule has 0 fully saturated rings. The number of carbonyl (C=O) groups excluding carboxylic acids is 1. The molecule has 0 amide bonds. The van der Waals surface area contributed by atoms with Gasteiger partial charge in [-0.2, -0.15) is 0 Å². The molecule has 26 heavy (non-hydrogen) atoms. The van der Waals surface area contributed by atoms with E-state index in [4.69, 9.17) is 4.74 Å². The fourth-order valence-electron chi connectivity index (χ4n) is 2.46. The van der Waals surface area contributed by atoms with Crippen molar-refractivity contribution in [1.29, 1.82) is 0 Å². The van der Waals surface area contributed by atoms with Gasteiger partial charge in [0.1, 0.15) is 18.1 Å². The van der Waals surface area contributed by atoms with Gasteiger partial charge >= 0.3 is 0 Å². The Kier molecular flexibility index (Phi) is 5.58. The predicted octanol–water partition coefficient (Wildman–Crippen LogP) is 4.93. The SMILES string of the molecule is C=C(C)C(=O)c1cn(-c2ccc(OCc3ccccc3)cc2)c(SC)n1. The van der Waals surface area contributed by atoms with Crippen molar-refractivity contribution < 1.29 is 9.53 Å². The van der Waals surface area contributed by atoms with E-state index in [1.165, 1.54) is 11.8 Å². The lowest BCUT2D eigenvalue weighted by Gasteiger charge is -2.09. The Morgan fingerprint density at radius 1 is 1.15 bits per heavy atom. The summed E-state index contributed by atoms with van der Waals surface area (Å²) >= 11 is 1.49. The van der Waals surface area contributed by atoms with Crippen LogP contribution in [0.25, 0.3) is 5.69 Å². The van der Waals surface area contributed by atoms with Crippen LogP contribution in [-0.2, 0) is 6.61 Å². The lowest BCUT2D eigenvalue weighted by molar-refractivity contribution is 0.103. The summed E-state index contributed by atoms with van der Waals surface area (Å²) in [5.74, 6) is 0.656. The molecular formula is C21H20N2O2S. The number of hydrogen-bond donors (Lipinski definition) is 0. The minimum atomic E-state index is -0.137. The number of carbonyl (C=O) groups is 1. The number of Topliss-reactive ketones (excluding diaryl/α,β-unsaturated/α-hetero) is 1. The summed E-state index contributed by atoms with van der Waals surface area (Å²) < 4.78 is 7.72. The summed E-state index contributed by atoms with van der Waals surface area (Å²) in [4.78, 5) is 16.5. The van der Waals surface area contributed by atoms with Crippen LogP contribution in [0.2, 0.25) is 0 Å². The minimum Gasteiger partial charge on any atom is -0.489 e. The zero-order chi connectivity index (χ0) is 18.5. The lowest BCUT2D eigenvalue weighted by Crippen LogP contribution is -1.99. The highest BCUT2D eigenvalue weighted by Crippen LogP contribution is 2.23. The van der Waals surface area contributed by atoms with Crippen molar-refractivity contribution >= 4 is 17.5 Å². The highest BCUT2D eigenvalue weighted by atomic mass is 32.2. The van der Waals surface area contributed by atoms with E-state index in [1.807, 2.05) is 65.4 Å². The summed E-state index contributed by atoms with van der Waals surface area (Å²) in [5.41, 5.74) is 2.94. The first-order chi connectivity index (χ1) is 12.6. The molecule has 132 valence electrons. The summed E-state index contributed by atoms with van der Waals surface area (Å²) in [6.07, 6.45) is 3.69. The second-order valence-corrected chi connectivity index (χ2v) is 6.63. The third kappa shape index (κ3) is 4.06. The van der Waals surface area contributed by atoms with Gasteiger partial charge in [0.25, 0.3) is 0 Å². The normalized spacial score (nSPS) is 10.5. The molecule has 4 nitrogen and oxygen atoms in total. The molecule has 0 N–H and O–H groups in total. The molecule has 2 aromatic carbocycles. The molecule has 0 aliphatic carbocycles. The molecule has 0 bridgehead atoms. The van der Waals surface area contributed by atoms with Gasteiger partial charge in [-0.25, -0.2) is 4.98 Å². The number of thioether (sulfide) groups is 1. The standard InChI is InChI=1S/C21H20N2O2S/c1-15(2)20(24)19-13-23(21(22-19)26-3)17-9-11-18(12-10-17)25-14-16-7-5-4-6-8-16/h4-13H,1,14H2,2-3H3. The Hall–Kier alpha value is -2.79. The highest BCUT2D eigenvalue weighted by molar-refractivity contribution is 7.98. The van der Waals surface area contributed by atoms with E-state index in [0.717, 1.165) is 22.2 Å². The zero-order valence-electron chi connectivity index (χ0n) is 14.8. The Morgan fingerprint density at radius 3 is 2.46 bits per heavy atom. The first-order valence-electron chi connectivity index (χ1n) is 8.19. The molecule has 0 unspecified atom stereocenters. The maximum absolute atomic E-state index is 12.1. The van der Waals surface area contributed by atoms with Crippen molar-refractivity contribution in [3.05, 3.63) is 84.2 Å². The molecule has 0 aliphatic rings. The van der Waals surface area contributed by atoms with E-state index in [2.05, 4.69) is 11.6 Å². The van der Waals surface area contributed by atoms with Crippen LogP contribution < -0.4 is 4.74 Å². The average molecular weight is 364 g/mol. The lowest BCUT2D eigenvalue weighted by atomic mass is 10.2. The van der Waals surface area contributed by atoms with E-state index in [-0.39, 0.29) is 5.78 Å². The van der Waals surface area contributed by atoms with Crippen LogP contribution in [0, 0.1) is 0 Å². The van der Waals surface area contributed by atoms with Crippen LogP contribution in [-0.4, -0.2) is 21.6 Å². The third-order valence-corrected chi connectivity index (χ3v) is 4.49. The van der Waals surface area contributed by atoms with E-state index >= 15 is 0 Å². The summed E-state index contributed by atoms with van der Waals surface area (Å²) in [6.45, 7) is 5.92. The Bertz CT molecular complexity index is 915. The number of hydrogen-bond acceptors (Lipinski definition) is 4. The van der Waals surface area contributed by atoms with Gasteiger partial charge in [-0.15, -0.1) is 0 Å². The van der Waals surface area contributed by atoms with Crippen molar-refractivity contribution in [3.63, 3.8) is 0 Å². The number of benzene rings is 2. The van der Waals surface area contributed by atoms with Crippen LogP contribution >= 0.6 is 11.8 Å². The van der Waals surface area contributed by atoms with Gasteiger partial charge < -0.3 is 4.74 Å². The molecule has 0 atom stereocenters. The summed E-state index contributed by atoms with van der Waals surface area (Å²) in [7, 11) is 0. The number of aromatic nitrogens is 2. The van der Waals surface area contributed by atoms with Gasteiger partial charge in [-0.05, 0) is 48.6 Å². The second-order valence-electron chi connectivity index (χ2n) is 5.86. The van der Waals surface area contributed by atoms with Crippen molar-refractivity contribution in [1.82, 2.24) is 9.55 Å². The predicted molar refractivity (Wildman–Crippen MR) is 105 cm³/mol. The largest absolute Gasteiger partial charge is 0.489 e. The minimum absolute atomic E-state index is 0.137. The zero-order valence-corrected chi connectivity index (χ0v) is 15.6. The molecule has 5 heteroatoms. The van der Waals surface area contributed by atoms with Crippen molar-refractivity contribution in [2.24, 2.45) is 0 Å². The van der Waals surface area contributed by atoms with Crippen LogP contribution in [0.1, 0.15) is 23.0 Å². The van der Waals surface area contributed by atoms with Crippen LogP contribution in [0.5, 0.6) is 5.75 Å². The maximum atomic E-state index is 12.1. The van der Waals surface area contributed by atoms with E-state index in [0.29, 0.717) is 17.9 Å². The van der Waals surface area contributed by atoms with Crippen molar-refractivity contribution in [2.45, 2.75) is 18.7 Å². The van der Waals surface area contributed by atoms with Gasteiger partial charge in [0.2, 0.25) is 5.78 Å². The second kappa shape index (κ2) is 8.06. The van der Waals surface area contributed by atoms with Crippen molar-refractivity contribution in [3.8, 4) is 11.4 Å². The van der Waals surface area contributed by atoms with Gasteiger partial charge in [-0.1, -0.05) is 48.7 Å². The molecule has 0 saturated carbocycles. The number of allylic oxidation sites excluding steroid dienone is 1. The first-order valence-corrected chi connectivity index (χ1v) is 9.41. The number of nitrogens with zero attached hydrogens (tertiary/aromatic N) is 2. The fraction of sp³-hybridized carbons (Fsp3) is 0.143. The van der Waals surface area contributed by atoms with Gasteiger partial charge in [0, 0.05) is 11.9 Å². The number of rotatable bonds is 7.